The van der Waals surface area contributed by atoms with E-state index in [9.17, 15) is 4.79 Å². The van der Waals surface area contributed by atoms with Gasteiger partial charge in [0.1, 0.15) is 5.60 Å². The van der Waals surface area contributed by atoms with Gasteiger partial charge in [-0.25, -0.2) is 4.79 Å². The Balaban J connectivity index is 1.88. The van der Waals surface area contributed by atoms with Crippen LogP contribution in [0.1, 0.15) is 35.7 Å². The topological polar surface area (TPSA) is 26.3 Å². The van der Waals surface area contributed by atoms with Crippen LogP contribution >= 0.6 is 0 Å². The second-order valence-corrected chi connectivity index (χ2v) is 5.45. The minimum Gasteiger partial charge on any atom is -0.450 e. The standard InChI is InChI=1S/C18H18O2/c1-14-12-13-18(14,16-10-6-3-7-11-16)20-17(19)15-8-4-2-5-9-15/h2-11,14H,12-13H2,1H3. The Kier molecular flexibility index (Phi) is 3.31. The van der Waals surface area contributed by atoms with E-state index in [1.165, 1.54) is 0 Å². The molecule has 0 amide bonds. The highest BCUT2D eigenvalue weighted by molar-refractivity contribution is 5.89. The molecule has 2 aromatic carbocycles. The third kappa shape index (κ3) is 2.11. The van der Waals surface area contributed by atoms with Gasteiger partial charge in [-0.15, -0.1) is 0 Å². The lowest BCUT2D eigenvalue weighted by atomic mass is 9.66. The first kappa shape index (κ1) is 12.9. The van der Waals surface area contributed by atoms with Crippen molar-refractivity contribution in [2.75, 3.05) is 0 Å². The Morgan fingerprint density at radius 3 is 2.15 bits per heavy atom. The summed E-state index contributed by atoms with van der Waals surface area (Å²) in [7, 11) is 0. The first-order valence-electron chi connectivity index (χ1n) is 7.06. The summed E-state index contributed by atoms with van der Waals surface area (Å²) in [5.74, 6) is 0.124. The molecule has 0 bridgehead atoms. The molecule has 3 rings (SSSR count). The van der Waals surface area contributed by atoms with Gasteiger partial charge in [-0.05, 0) is 30.5 Å². The molecule has 102 valence electrons. The second kappa shape index (κ2) is 5.12. The van der Waals surface area contributed by atoms with Crippen molar-refractivity contribution in [2.24, 2.45) is 5.92 Å². The Labute approximate surface area is 119 Å². The normalized spacial score (nSPS) is 24.8. The van der Waals surface area contributed by atoms with Crippen molar-refractivity contribution >= 4 is 5.97 Å². The van der Waals surface area contributed by atoms with Crippen LogP contribution in [0.15, 0.2) is 60.7 Å². The monoisotopic (exact) mass is 266 g/mol. The van der Waals surface area contributed by atoms with E-state index in [0.29, 0.717) is 11.5 Å². The Morgan fingerprint density at radius 2 is 1.65 bits per heavy atom. The van der Waals surface area contributed by atoms with Crippen LogP contribution in [-0.2, 0) is 10.3 Å². The Hall–Kier alpha value is -2.09. The number of carbonyl (C=O) groups excluding carboxylic acids is 1. The zero-order chi connectivity index (χ0) is 14.0. The molecule has 0 heterocycles. The molecule has 0 radical (unpaired) electrons. The SMILES string of the molecule is CC1CCC1(OC(=O)c1ccccc1)c1ccccc1. The number of carbonyl (C=O) groups is 1. The number of hydrogen-bond acceptors (Lipinski definition) is 2. The first-order chi connectivity index (χ1) is 9.72. The fraction of sp³-hybridized carbons (Fsp3) is 0.278. The van der Waals surface area contributed by atoms with Crippen molar-refractivity contribution in [3.05, 3.63) is 71.8 Å². The summed E-state index contributed by atoms with van der Waals surface area (Å²) < 4.78 is 5.92. The smallest absolute Gasteiger partial charge is 0.339 e. The van der Waals surface area contributed by atoms with E-state index in [1.807, 2.05) is 48.5 Å². The van der Waals surface area contributed by atoms with E-state index >= 15 is 0 Å². The highest BCUT2D eigenvalue weighted by atomic mass is 16.6. The fourth-order valence-corrected chi connectivity index (χ4v) is 2.85. The molecule has 0 aliphatic heterocycles. The van der Waals surface area contributed by atoms with Crippen LogP contribution in [0, 0.1) is 5.92 Å². The van der Waals surface area contributed by atoms with Gasteiger partial charge in [0.15, 0.2) is 0 Å². The van der Waals surface area contributed by atoms with E-state index in [2.05, 4.69) is 6.92 Å². The summed E-state index contributed by atoms with van der Waals surface area (Å²) >= 11 is 0. The van der Waals surface area contributed by atoms with Crippen LogP contribution in [0.4, 0.5) is 0 Å². The summed E-state index contributed by atoms with van der Waals surface area (Å²) in [5, 5.41) is 0. The maximum absolute atomic E-state index is 12.3. The molecule has 2 heteroatoms. The van der Waals surface area contributed by atoms with Crippen molar-refractivity contribution in [1.82, 2.24) is 0 Å². The molecule has 2 nitrogen and oxygen atoms in total. The molecular formula is C18H18O2. The molecular weight excluding hydrogens is 248 g/mol. The zero-order valence-electron chi connectivity index (χ0n) is 11.6. The van der Waals surface area contributed by atoms with Gasteiger partial charge in [-0.1, -0.05) is 55.5 Å². The molecule has 0 saturated heterocycles. The molecule has 1 aliphatic rings. The summed E-state index contributed by atoms with van der Waals surface area (Å²) in [4.78, 5) is 12.3. The highest BCUT2D eigenvalue weighted by Crippen LogP contribution is 2.49. The molecule has 20 heavy (non-hydrogen) atoms. The second-order valence-electron chi connectivity index (χ2n) is 5.45. The lowest BCUT2D eigenvalue weighted by molar-refractivity contribution is -0.108. The lowest BCUT2D eigenvalue weighted by Gasteiger charge is -2.47. The molecule has 2 atom stereocenters. The molecule has 1 aliphatic carbocycles. The number of hydrogen-bond donors (Lipinski definition) is 0. The van der Waals surface area contributed by atoms with Crippen LogP contribution in [-0.4, -0.2) is 5.97 Å². The maximum Gasteiger partial charge on any atom is 0.339 e. The highest BCUT2D eigenvalue weighted by Gasteiger charge is 2.49. The molecule has 2 unspecified atom stereocenters. The molecule has 0 aromatic heterocycles. The summed E-state index contributed by atoms with van der Waals surface area (Å²) in [6, 6.07) is 19.3. The minimum absolute atomic E-state index is 0.235. The first-order valence-corrected chi connectivity index (χ1v) is 7.06. The van der Waals surface area contributed by atoms with Crippen molar-refractivity contribution < 1.29 is 9.53 Å². The van der Waals surface area contributed by atoms with Gasteiger partial charge < -0.3 is 4.74 Å². The quantitative estimate of drug-likeness (QED) is 0.779. The van der Waals surface area contributed by atoms with Crippen LogP contribution in [0.5, 0.6) is 0 Å². The number of benzene rings is 2. The van der Waals surface area contributed by atoms with E-state index in [1.54, 1.807) is 12.1 Å². The number of ether oxygens (including phenoxy) is 1. The van der Waals surface area contributed by atoms with E-state index in [4.69, 9.17) is 4.74 Å². The predicted octanol–water partition coefficient (Wildman–Crippen LogP) is 4.17. The summed E-state index contributed by atoms with van der Waals surface area (Å²) in [6.07, 6.45) is 1.99. The minimum atomic E-state index is -0.450. The van der Waals surface area contributed by atoms with Gasteiger partial charge in [0.25, 0.3) is 0 Å². The molecule has 1 saturated carbocycles. The summed E-state index contributed by atoms with van der Waals surface area (Å²) in [5.41, 5.74) is 1.26. The van der Waals surface area contributed by atoms with Gasteiger partial charge >= 0.3 is 5.97 Å². The summed E-state index contributed by atoms with van der Waals surface area (Å²) in [6.45, 7) is 2.15. The average molecular weight is 266 g/mol. The molecule has 0 N–H and O–H groups in total. The zero-order valence-corrected chi connectivity index (χ0v) is 11.6. The van der Waals surface area contributed by atoms with Crippen molar-refractivity contribution in [2.45, 2.75) is 25.4 Å². The van der Waals surface area contributed by atoms with Gasteiger partial charge in [-0.2, -0.15) is 0 Å². The predicted molar refractivity (Wildman–Crippen MR) is 78.4 cm³/mol. The van der Waals surface area contributed by atoms with Crippen molar-refractivity contribution in [1.29, 1.82) is 0 Å². The fourth-order valence-electron chi connectivity index (χ4n) is 2.85. The van der Waals surface area contributed by atoms with Crippen LogP contribution < -0.4 is 0 Å². The van der Waals surface area contributed by atoms with Crippen molar-refractivity contribution in [3.8, 4) is 0 Å². The third-order valence-corrected chi connectivity index (χ3v) is 4.29. The van der Waals surface area contributed by atoms with Gasteiger partial charge in [-0.3, -0.25) is 0 Å². The number of rotatable bonds is 3. The van der Waals surface area contributed by atoms with E-state index in [-0.39, 0.29) is 5.97 Å². The Morgan fingerprint density at radius 1 is 1.05 bits per heavy atom. The molecule has 1 fully saturated rings. The number of esters is 1. The average Bonchev–Trinajstić information content (AvgIpc) is 2.52. The van der Waals surface area contributed by atoms with Crippen LogP contribution in [0.3, 0.4) is 0 Å². The van der Waals surface area contributed by atoms with E-state index < -0.39 is 5.60 Å². The van der Waals surface area contributed by atoms with E-state index in [0.717, 1.165) is 18.4 Å². The third-order valence-electron chi connectivity index (χ3n) is 4.29. The van der Waals surface area contributed by atoms with Gasteiger partial charge in [0, 0.05) is 5.92 Å². The molecule has 2 aromatic rings. The molecule has 0 spiro atoms. The largest absolute Gasteiger partial charge is 0.450 e. The van der Waals surface area contributed by atoms with Gasteiger partial charge in [0.2, 0.25) is 0 Å². The van der Waals surface area contributed by atoms with Gasteiger partial charge in [0.05, 0.1) is 5.56 Å². The maximum atomic E-state index is 12.3. The lowest BCUT2D eigenvalue weighted by Crippen LogP contribution is -2.46. The van der Waals surface area contributed by atoms with Crippen molar-refractivity contribution in [3.63, 3.8) is 0 Å². The van der Waals surface area contributed by atoms with Crippen LogP contribution in [0.2, 0.25) is 0 Å². The Bertz CT molecular complexity index is 591. The van der Waals surface area contributed by atoms with Crippen LogP contribution in [0.25, 0.3) is 0 Å².